The number of nitrogens with one attached hydrogen (secondary N) is 1. The van der Waals surface area contributed by atoms with E-state index >= 15 is 0 Å². The Bertz CT molecular complexity index is 171. The zero-order valence-corrected chi connectivity index (χ0v) is 9.29. The molecule has 3 nitrogen and oxygen atoms in total. The van der Waals surface area contributed by atoms with E-state index in [0.717, 1.165) is 32.4 Å². The Labute approximate surface area is 86.5 Å². The summed E-state index contributed by atoms with van der Waals surface area (Å²) in [7, 11) is 0. The summed E-state index contributed by atoms with van der Waals surface area (Å²) in [5, 5.41) is 21.8. The molecule has 1 saturated carbocycles. The first-order chi connectivity index (χ1) is 6.53. The lowest BCUT2D eigenvalue weighted by Crippen LogP contribution is -2.34. The van der Waals surface area contributed by atoms with Crippen molar-refractivity contribution in [1.82, 2.24) is 5.32 Å². The van der Waals surface area contributed by atoms with Crippen LogP contribution in [-0.2, 0) is 0 Å². The molecule has 0 radical (unpaired) electrons. The first kappa shape index (κ1) is 12.0. The van der Waals surface area contributed by atoms with Crippen LogP contribution in [0.1, 0.15) is 33.1 Å². The topological polar surface area (TPSA) is 52.5 Å². The predicted octanol–water partition coefficient (Wildman–Crippen LogP) is 0.755. The Morgan fingerprint density at radius 1 is 1.36 bits per heavy atom. The van der Waals surface area contributed by atoms with E-state index in [-0.39, 0.29) is 18.1 Å². The van der Waals surface area contributed by atoms with Gasteiger partial charge in [0.05, 0.1) is 6.10 Å². The molecule has 14 heavy (non-hydrogen) atoms. The number of rotatable bonds is 5. The SMILES string of the molecule is CC(C)(CO)CNCC1CCC(O)C1. The standard InChI is InChI=1S/C11H23NO2/c1-11(2,8-13)7-12-6-9-3-4-10(14)5-9/h9-10,12-14H,3-8H2,1-2H3. The van der Waals surface area contributed by atoms with Crippen molar-refractivity contribution in [2.45, 2.75) is 39.2 Å². The van der Waals surface area contributed by atoms with Crippen LogP contribution < -0.4 is 5.32 Å². The highest BCUT2D eigenvalue weighted by Gasteiger charge is 2.23. The van der Waals surface area contributed by atoms with E-state index in [1.54, 1.807) is 0 Å². The van der Waals surface area contributed by atoms with Crippen LogP contribution in [0.15, 0.2) is 0 Å². The molecule has 0 bridgehead atoms. The summed E-state index contributed by atoms with van der Waals surface area (Å²) in [4.78, 5) is 0. The second kappa shape index (κ2) is 5.10. The van der Waals surface area contributed by atoms with Crippen molar-refractivity contribution in [3.05, 3.63) is 0 Å². The first-order valence-corrected chi connectivity index (χ1v) is 5.53. The Hall–Kier alpha value is -0.120. The van der Waals surface area contributed by atoms with Gasteiger partial charge in [-0.15, -0.1) is 0 Å². The van der Waals surface area contributed by atoms with Gasteiger partial charge in [0.2, 0.25) is 0 Å². The summed E-state index contributed by atoms with van der Waals surface area (Å²) in [6, 6.07) is 0. The molecule has 0 aromatic heterocycles. The van der Waals surface area contributed by atoms with E-state index in [4.69, 9.17) is 5.11 Å². The minimum atomic E-state index is -0.0762. The molecule has 3 heteroatoms. The fourth-order valence-corrected chi connectivity index (χ4v) is 1.90. The summed E-state index contributed by atoms with van der Waals surface area (Å²) in [6.07, 6.45) is 2.95. The average Bonchev–Trinajstić information content (AvgIpc) is 2.51. The Morgan fingerprint density at radius 3 is 2.57 bits per heavy atom. The van der Waals surface area contributed by atoms with Gasteiger partial charge in [0.25, 0.3) is 0 Å². The van der Waals surface area contributed by atoms with Crippen LogP contribution >= 0.6 is 0 Å². The summed E-state index contributed by atoms with van der Waals surface area (Å²) >= 11 is 0. The van der Waals surface area contributed by atoms with Gasteiger partial charge >= 0.3 is 0 Å². The number of aliphatic hydroxyl groups excluding tert-OH is 2. The molecule has 0 saturated heterocycles. The zero-order valence-electron chi connectivity index (χ0n) is 9.29. The van der Waals surface area contributed by atoms with Crippen LogP contribution in [0.3, 0.4) is 0 Å². The van der Waals surface area contributed by atoms with E-state index in [1.807, 2.05) is 13.8 Å². The molecule has 0 aromatic carbocycles. The smallest absolute Gasteiger partial charge is 0.0543 e. The van der Waals surface area contributed by atoms with Crippen LogP contribution in [-0.4, -0.2) is 36.0 Å². The molecule has 1 aliphatic rings. The predicted molar refractivity (Wildman–Crippen MR) is 57.1 cm³/mol. The van der Waals surface area contributed by atoms with Crippen molar-refractivity contribution in [2.24, 2.45) is 11.3 Å². The quantitative estimate of drug-likeness (QED) is 0.615. The lowest BCUT2D eigenvalue weighted by Gasteiger charge is -2.23. The third kappa shape index (κ3) is 3.95. The highest BCUT2D eigenvalue weighted by molar-refractivity contribution is 4.78. The monoisotopic (exact) mass is 201 g/mol. The van der Waals surface area contributed by atoms with Crippen LogP contribution in [0.2, 0.25) is 0 Å². The number of aliphatic hydroxyl groups is 2. The van der Waals surface area contributed by atoms with E-state index in [0.29, 0.717) is 5.92 Å². The summed E-state index contributed by atoms with van der Waals surface area (Å²) in [5.41, 5.74) is -0.0305. The van der Waals surface area contributed by atoms with Gasteiger partial charge in [0, 0.05) is 18.6 Å². The Kier molecular flexibility index (Phi) is 4.35. The molecule has 1 fully saturated rings. The highest BCUT2D eigenvalue weighted by Crippen LogP contribution is 2.24. The van der Waals surface area contributed by atoms with Crippen molar-refractivity contribution in [3.63, 3.8) is 0 Å². The van der Waals surface area contributed by atoms with E-state index in [1.165, 1.54) is 0 Å². The van der Waals surface area contributed by atoms with Crippen LogP contribution in [0.4, 0.5) is 0 Å². The normalized spacial score (nSPS) is 28.3. The van der Waals surface area contributed by atoms with Crippen molar-refractivity contribution < 1.29 is 10.2 Å². The third-order valence-corrected chi connectivity index (χ3v) is 2.98. The molecular weight excluding hydrogens is 178 g/mol. The summed E-state index contributed by atoms with van der Waals surface area (Å²) in [6.45, 7) is 6.12. The van der Waals surface area contributed by atoms with Crippen LogP contribution in [0.5, 0.6) is 0 Å². The fraction of sp³-hybridized carbons (Fsp3) is 1.00. The zero-order chi connectivity index (χ0) is 10.6. The van der Waals surface area contributed by atoms with Gasteiger partial charge in [0.15, 0.2) is 0 Å². The molecule has 0 amide bonds. The maximum absolute atomic E-state index is 9.34. The molecule has 0 aromatic rings. The highest BCUT2D eigenvalue weighted by atomic mass is 16.3. The van der Waals surface area contributed by atoms with Gasteiger partial charge < -0.3 is 15.5 Å². The molecular formula is C11H23NO2. The van der Waals surface area contributed by atoms with Gasteiger partial charge in [-0.25, -0.2) is 0 Å². The number of hydrogen-bond acceptors (Lipinski definition) is 3. The van der Waals surface area contributed by atoms with Crippen molar-refractivity contribution in [1.29, 1.82) is 0 Å². The van der Waals surface area contributed by atoms with Crippen LogP contribution in [0, 0.1) is 11.3 Å². The van der Waals surface area contributed by atoms with Crippen molar-refractivity contribution >= 4 is 0 Å². The van der Waals surface area contributed by atoms with Crippen molar-refractivity contribution in [3.8, 4) is 0 Å². The lowest BCUT2D eigenvalue weighted by molar-refractivity contribution is 0.153. The summed E-state index contributed by atoms with van der Waals surface area (Å²) < 4.78 is 0. The molecule has 84 valence electrons. The minimum absolute atomic E-state index is 0.0305. The van der Waals surface area contributed by atoms with E-state index in [2.05, 4.69) is 5.32 Å². The summed E-state index contributed by atoms with van der Waals surface area (Å²) in [5.74, 6) is 0.625. The van der Waals surface area contributed by atoms with Gasteiger partial charge in [0.1, 0.15) is 0 Å². The van der Waals surface area contributed by atoms with E-state index in [9.17, 15) is 5.11 Å². The number of hydrogen-bond donors (Lipinski definition) is 3. The van der Waals surface area contributed by atoms with Gasteiger partial charge in [-0.05, 0) is 31.7 Å². The Morgan fingerprint density at radius 2 is 2.07 bits per heavy atom. The molecule has 0 aliphatic heterocycles. The molecule has 1 aliphatic carbocycles. The maximum atomic E-state index is 9.34. The van der Waals surface area contributed by atoms with E-state index < -0.39 is 0 Å². The van der Waals surface area contributed by atoms with Crippen LogP contribution in [0.25, 0.3) is 0 Å². The third-order valence-electron chi connectivity index (χ3n) is 2.98. The Balaban J connectivity index is 2.10. The second-order valence-electron chi connectivity index (χ2n) is 5.29. The van der Waals surface area contributed by atoms with Gasteiger partial charge in [-0.1, -0.05) is 13.8 Å². The molecule has 0 spiro atoms. The molecule has 3 N–H and O–H groups in total. The van der Waals surface area contributed by atoms with Gasteiger partial charge in [-0.2, -0.15) is 0 Å². The second-order valence-corrected chi connectivity index (χ2v) is 5.29. The first-order valence-electron chi connectivity index (χ1n) is 5.53. The average molecular weight is 201 g/mol. The molecule has 0 heterocycles. The molecule has 1 rings (SSSR count). The fourth-order valence-electron chi connectivity index (χ4n) is 1.90. The largest absolute Gasteiger partial charge is 0.396 e. The van der Waals surface area contributed by atoms with Crippen molar-refractivity contribution in [2.75, 3.05) is 19.7 Å². The molecule has 2 unspecified atom stereocenters. The lowest BCUT2D eigenvalue weighted by atomic mass is 9.94. The minimum Gasteiger partial charge on any atom is -0.396 e. The molecule has 2 atom stereocenters. The maximum Gasteiger partial charge on any atom is 0.0543 e. The van der Waals surface area contributed by atoms with Gasteiger partial charge in [-0.3, -0.25) is 0 Å².